The van der Waals surface area contributed by atoms with E-state index >= 15 is 0 Å². The van der Waals surface area contributed by atoms with Gasteiger partial charge in [-0.2, -0.15) is 0 Å². The maximum atomic E-state index is 12.8. The van der Waals surface area contributed by atoms with Crippen molar-refractivity contribution in [2.75, 3.05) is 42.3 Å². The zero-order valence-electron chi connectivity index (χ0n) is 18.9. The standard InChI is InChI=1S/C25H27N5O4/c1-33-21-8-2-3-9-22(21)34-17-23(31)28-19-6-4-7-20(16-19)29-24(32)18-10-14-30(15-11-18)25-26-12-5-13-27-25/h2-9,12-13,16,18H,10-11,14-15,17H2,1H3,(H,28,31)(H,29,32). The van der Waals surface area contributed by atoms with Crippen molar-refractivity contribution in [3.05, 3.63) is 67.0 Å². The molecule has 0 bridgehead atoms. The van der Waals surface area contributed by atoms with Crippen LogP contribution in [-0.4, -0.2) is 48.6 Å². The Morgan fingerprint density at radius 1 is 0.941 bits per heavy atom. The molecule has 3 aromatic rings. The van der Waals surface area contributed by atoms with Gasteiger partial charge in [-0.05, 0) is 49.2 Å². The number of rotatable bonds is 8. The molecule has 34 heavy (non-hydrogen) atoms. The highest BCUT2D eigenvalue weighted by atomic mass is 16.5. The molecule has 0 atom stereocenters. The van der Waals surface area contributed by atoms with Crippen molar-refractivity contribution in [3.63, 3.8) is 0 Å². The number of piperidine rings is 1. The van der Waals surface area contributed by atoms with Gasteiger partial charge in [0.2, 0.25) is 11.9 Å². The minimum Gasteiger partial charge on any atom is -0.493 e. The molecule has 1 aromatic heterocycles. The van der Waals surface area contributed by atoms with Gasteiger partial charge in [-0.25, -0.2) is 9.97 Å². The predicted molar refractivity (Wildman–Crippen MR) is 129 cm³/mol. The van der Waals surface area contributed by atoms with Crippen LogP contribution < -0.4 is 25.0 Å². The summed E-state index contributed by atoms with van der Waals surface area (Å²) in [7, 11) is 1.54. The fourth-order valence-corrected chi connectivity index (χ4v) is 3.79. The first-order chi connectivity index (χ1) is 16.6. The topological polar surface area (TPSA) is 106 Å². The minimum absolute atomic E-state index is 0.0309. The molecule has 0 unspecified atom stereocenters. The fourth-order valence-electron chi connectivity index (χ4n) is 3.79. The van der Waals surface area contributed by atoms with Gasteiger partial charge in [0.15, 0.2) is 18.1 Å². The molecule has 1 aliphatic rings. The van der Waals surface area contributed by atoms with Gasteiger partial charge in [0, 0.05) is 42.8 Å². The largest absolute Gasteiger partial charge is 0.493 e. The third-order valence-electron chi connectivity index (χ3n) is 5.54. The number of aromatic nitrogens is 2. The van der Waals surface area contributed by atoms with Crippen LogP contribution >= 0.6 is 0 Å². The Morgan fingerprint density at radius 2 is 1.62 bits per heavy atom. The second-order valence-electron chi connectivity index (χ2n) is 7.87. The summed E-state index contributed by atoms with van der Waals surface area (Å²) in [5, 5.41) is 5.76. The Kier molecular flexibility index (Phi) is 7.54. The summed E-state index contributed by atoms with van der Waals surface area (Å²) < 4.78 is 10.8. The molecule has 1 saturated heterocycles. The van der Waals surface area contributed by atoms with Crippen LogP contribution in [0.2, 0.25) is 0 Å². The van der Waals surface area contributed by atoms with Crippen LogP contribution in [0.1, 0.15) is 12.8 Å². The van der Waals surface area contributed by atoms with Gasteiger partial charge in [-0.15, -0.1) is 0 Å². The van der Waals surface area contributed by atoms with Gasteiger partial charge in [-0.3, -0.25) is 9.59 Å². The number of anilines is 3. The summed E-state index contributed by atoms with van der Waals surface area (Å²) in [6, 6.07) is 16.0. The van der Waals surface area contributed by atoms with Crippen molar-refractivity contribution in [1.29, 1.82) is 0 Å². The highest BCUT2D eigenvalue weighted by Gasteiger charge is 2.26. The number of para-hydroxylation sites is 2. The Hall–Kier alpha value is -4.14. The predicted octanol–water partition coefficient (Wildman–Crippen LogP) is 3.36. The molecule has 0 saturated carbocycles. The molecule has 2 N–H and O–H groups in total. The van der Waals surface area contributed by atoms with Gasteiger partial charge < -0.3 is 25.0 Å². The number of carbonyl (C=O) groups is 2. The van der Waals surface area contributed by atoms with Gasteiger partial charge in [0.25, 0.3) is 5.91 Å². The van der Waals surface area contributed by atoms with Gasteiger partial charge in [-0.1, -0.05) is 18.2 Å². The second-order valence-corrected chi connectivity index (χ2v) is 7.87. The highest BCUT2D eigenvalue weighted by molar-refractivity contribution is 5.95. The number of benzene rings is 2. The van der Waals surface area contributed by atoms with Crippen LogP contribution in [0.4, 0.5) is 17.3 Å². The van der Waals surface area contributed by atoms with E-state index in [9.17, 15) is 9.59 Å². The van der Waals surface area contributed by atoms with E-state index in [1.807, 2.05) is 6.07 Å². The molecule has 176 valence electrons. The van der Waals surface area contributed by atoms with Crippen molar-refractivity contribution < 1.29 is 19.1 Å². The summed E-state index contributed by atoms with van der Waals surface area (Å²) in [6.07, 6.45) is 4.89. The van der Waals surface area contributed by atoms with E-state index in [1.165, 1.54) is 0 Å². The number of nitrogens with zero attached hydrogens (tertiary/aromatic N) is 3. The summed E-state index contributed by atoms with van der Waals surface area (Å²) in [6.45, 7) is 1.29. The number of ether oxygens (including phenoxy) is 2. The monoisotopic (exact) mass is 461 g/mol. The molecule has 0 radical (unpaired) electrons. The maximum absolute atomic E-state index is 12.8. The van der Waals surface area contributed by atoms with E-state index in [4.69, 9.17) is 9.47 Å². The van der Waals surface area contributed by atoms with Crippen molar-refractivity contribution in [2.24, 2.45) is 5.92 Å². The smallest absolute Gasteiger partial charge is 0.262 e. The first-order valence-electron chi connectivity index (χ1n) is 11.1. The van der Waals surface area contributed by atoms with Gasteiger partial charge >= 0.3 is 0 Å². The number of carbonyl (C=O) groups excluding carboxylic acids is 2. The molecule has 4 rings (SSSR count). The van der Waals surface area contributed by atoms with Crippen LogP contribution in [0, 0.1) is 5.92 Å². The Morgan fingerprint density at radius 3 is 2.32 bits per heavy atom. The number of nitrogens with one attached hydrogen (secondary N) is 2. The van der Waals surface area contributed by atoms with E-state index in [0.717, 1.165) is 25.9 Å². The molecule has 2 aromatic carbocycles. The Bertz CT molecular complexity index is 1120. The molecule has 1 aliphatic heterocycles. The molecule has 9 heteroatoms. The highest BCUT2D eigenvalue weighted by Crippen LogP contribution is 2.26. The minimum atomic E-state index is -0.315. The van der Waals surface area contributed by atoms with Crippen LogP contribution in [-0.2, 0) is 9.59 Å². The number of amides is 2. The zero-order chi connectivity index (χ0) is 23.8. The molecule has 0 spiro atoms. The number of hydrogen-bond acceptors (Lipinski definition) is 7. The first kappa shape index (κ1) is 23.0. The van der Waals surface area contributed by atoms with Crippen molar-refractivity contribution >= 4 is 29.1 Å². The average Bonchev–Trinajstić information content (AvgIpc) is 2.88. The van der Waals surface area contributed by atoms with E-state index in [2.05, 4.69) is 25.5 Å². The average molecular weight is 462 g/mol. The molecular formula is C25H27N5O4. The molecular weight excluding hydrogens is 434 g/mol. The second kappa shape index (κ2) is 11.1. The maximum Gasteiger partial charge on any atom is 0.262 e. The number of methoxy groups -OCH3 is 1. The SMILES string of the molecule is COc1ccccc1OCC(=O)Nc1cccc(NC(=O)C2CCN(c3ncccn3)CC2)c1. The van der Waals surface area contributed by atoms with Crippen LogP contribution in [0.15, 0.2) is 67.0 Å². The van der Waals surface area contributed by atoms with Crippen molar-refractivity contribution in [3.8, 4) is 11.5 Å². The summed E-state index contributed by atoms with van der Waals surface area (Å²) >= 11 is 0. The number of hydrogen-bond donors (Lipinski definition) is 2. The third kappa shape index (κ3) is 6.00. The van der Waals surface area contributed by atoms with E-state index in [0.29, 0.717) is 28.8 Å². The van der Waals surface area contributed by atoms with Crippen LogP contribution in [0.25, 0.3) is 0 Å². The van der Waals surface area contributed by atoms with Crippen LogP contribution in [0.5, 0.6) is 11.5 Å². The lowest BCUT2D eigenvalue weighted by Gasteiger charge is -2.31. The first-order valence-corrected chi connectivity index (χ1v) is 11.1. The van der Waals surface area contributed by atoms with E-state index < -0.39 is 0 Å². The fraction of sp³-hybridized carbons (Fsp3) is 0.280. The molecule has 2 amide bonds. The third-order valence-corrected chi connectivity index (χ3v) is 5.54. The molecule has 1 fully saturated rings. The summed E-state index contributed by atoms with van der Waals surface area (Å²) in [4.78, 5) is 35.8. The normalized spacial score (nSPS) is 13.7. The van der Waals surface area contributed by atoms with Crippen molar-refractivity contribution in [2.45, 2.75) is 12.8 Å². The van der Waals surface area contributed by atoms with Gasteiger partial charge in [0.05, 0.1) is 7.11 Å². The molecule has 2 heterocycles. The van der Waals surface area contributed by atoms with E-state index in [1.54, 1.807) is 68.0 Å². The lowest BCUT2D eigenvalue weighted by atomic mass is 9.96. The Labute approximate surface area is 198 Å². The quantitative estimate of drug-likeness (QED) is 0.530. The lowest BCUT2D eigenvalue weighted by molar-refractivity contribution is -0.120. The summed E-state index contributed by atoms with van der Waals surface area (Å²) in [5.41, 5.74) is 1.20. The summed E-state index contributed by atoms with van der Waals surface area (Å²) in [5.74, 6) is 1.31. The molecule has 9 nitrogen and oxygen atoms in total. The lowest BCUT2D eigenvalue weighted by Crippen LogP contribution is -2.39. The van der Waals surface area contributed by atoms with Gasteiger partial charge in [0.1, 0.15) is 0 Å². The molecule has 0 aliphatic carbocycles. The Balaban J connectivity index is 1.27. The zero-order valence-corrected chi connectivity index (χ0v) is 18.9. The van der Waals surface area contributed by atoms with Crippen molar-refractivity contribution in [1.82, 2.24) is 9.97 Å². The van der Waals surface area contributed by atoms with E-state index in [-0.39, 0.29) is 24.3 Å². The van der Waals surface area contributed by atoms with Crippen LogP contribution in [0.3, 0.4) is 0 Å².